The molecule has 0 bridgehead atoms. The number of carbonyl (C=O) groups is 2. The fraction of sp³-hybridized carbons (Fsp3) is 0.609. The fourth-order valence-corrected chi connectivity index (χ4v) is 4.97. The second-order valence-electron chi connectivity index (χ2n) is 13.3. The Labute approximate surface area is 320 Å². The Hall–Kier alpha value is -3.22. The van der Waals surface area contributed by atoms with Crippen molar-refractivity contribution in [2.45, 2.75) is 129 Å². The minimum atomic E-state index is -0.165. The van der Waals surface area contributed by atoms with Gasteiger partial charge in [-0.3, -0.25) is 9.59 Å². The average molecular weight is 721 g/mol. The normalized spacial score (nSPS) is 12.8. The lowest BCUT2D eigenvalue weighted by molar-refractivity contribution is -0.144. The van der Waals surface area contributed by atoms with Gasteiger partial charge in [0.25, 0.3) is 0 Å². The van der Waals surface area contributed by atoms with Crippen molar-refractivity contribution in [2.75, 3.05) is 53.5 Å². The molecule has 0 radical (unpaired) electrons. The molecule has 0 atom stereocenters. The summed E-state index contributed by atoms with van der Waals surface area (Å²) in [6.45, 7) is 8.08. The number of unbranched alkanes of at least 4 members (excludes halogenated alkanes) is 6. The molecule has 0 N–H and O–H groups in total. The Morgan fingerprint density at radius 2 is 0.769 bits per heavy atom. The SMILES string of the molecule is CC/C=C\C/C=C\C/C=C\C/C=C/CCCCCOC(=O)CCN(CCC(=O)OCCCCC/C=C/C/C=C\C/C=C\C/C=C\CC)CCN(C)C. The quantitative estimate of drug-likeness (QED) is 0.0369. The van der Waals surface area contributed by atoms with Gasteiger partial charge >= 0.3 is 11.9 Å². The third-order valence-electron chi connectivity index (χ3n) is 8.12. The molecule has 0 aliphatic rings. The molecule has 0 spiro atoms. The van der Waals surface area contributed by atoms with Gasteiger partial charge in [0.15, 0.2) is 0 Å². The van der Waals surface area contributed by atoms with E-state index in [2.05, 4.69) is 121 Å². The molecule has 6 nitrogen and oxygen atoms in total. The number of carbonyl (C=O) groups excluding carboxylic acids is 2. The first-order valence-corrected chi connectivity index (χ1v) is 20.4. The monoisotopic (exact) mass is 721 g/mol. The molecule has 52 heavy (non-hydrogen) atoms. The van der Waals surface area contributed by atoms with Crippen molar-refractivity contribution in [2.24, 2.45) is 0 Å². The van der Waals surface area contributed by atoms with Crippen molar-refractivity contribution in [3.8, 4) is 0 Å². The Balaban J connectivity index is 3.95. The standard InChI is InChI=1S/C46H76N2O4/c1-5-7-9-11-13-15-17-19-21-23-25-27-29-31-33-35-43-51-45(49)37-39-48(42-41-47(3)4)40-38-46(50)52-44-36-34-32-30-28-26-24-22-20-18-16-14-12-10-8-6-2/h7-10,13-16,19-22,25-28H,5-6,11-12,17-18,23-24,29-44H2,1-4H3/b9-7-,10-8-,15-13-,16-14-,21-19-,22-20-,27-25+,28-26+. The zero-order valence-electron chi connectivity index (χ0n) is 33.7. The van der Waals surface area contributed by atoms with Crippen LogP contribution in [0.25, 0.3) is 0 Å². The molecule has 0 aromatic rings. The molecule has 0 aliphatic carbocycles. The summed E-state index contributed by atoms with van der Waals surface area (Å²) in [6.07, 6.45) is 52.5. The molecule has 0 unspecified atom stereocenters. The van der Waals surface area contributed by atoms with Gasteiger partial charge in [-0.15, -0.1) is 0 Å². The van der Waals surface area contributed by atoms with E-state index in [9.17, 15) is 9.59 Å². The highest BCUT2D eigenvalue weighted by atomic mass is 16.5. The van der Waals surface area contributed by atoms with E-state index >= 15 is 0 Å². The Kier molecular flexibility index (Phi) is 38.0. The van der Waals surface area contributed by atoms with Gasteiger partial charge in [0.05, 0.1) is 26.1 Å². The molecule has 6 heteroatoms. The summed E-state index contributed by atoms with van der Waals surface area (Å²) in [6, 6.07) is 0. The average Bonchev–Trinajstić information content (AvgIpc) is 3.13. The third kappa shape index (κ3) is 39.6. The number of rotatable bonds is 35. The summed E-state index contributed by atoms with van der Waals surface area (Å²) in [4.78, 5) is 29.0. The van der Waals surface area contributed by atoms with Crippen LogP contribution in [-0.2, 0) is 19.1 Å². The molecule has 0 aromatic heterocycles. The van der Waals surface area contributed by atoms with E-state index in [0.717, 1.165) is 116 Å². The van der Waals surface area contributed by atoms with Crippen molar-refractivity contribution in [3.05, 3.63) is 97.2 Å². The molecule has 0 fully saturated rings. The maximum Gasteiger partial charge on any atom is 0.307 e. The van der Waals surface area contributed by atoms with Gasteiger partial charge in [0.1, 0.15) is 0 Å². The second-order valence-corrected chi connectivity index (χ2v) is 13.3. The molecule has 294 valence electrons. The van der Waals surface area contributed by atoms with Crippen LogP contribution in [0.5, 0.6) is 0 Å². The molecule has 0 aliphatic heterocycles. The highest BCUT2D eigenvalue weighted by molar-refractivity contribution is 5.70. The van der Waals surface area contributed by atoms with Gasteiger partial charge in [-0.1, -0.05) is 111 Å². The number of hydrogen-bond acceptors (Lipinski definition) is 6. The Morgan fingerprint density at radius 3 is 1.12 bits per heavy atom. The summed E-state index contributed by atoms with van der Waals surface area (Å²) >= 11 is 0. The van der Waals surface area contributed by atoms with E-state index in [1.54, 1.807) is 0 Å². The summed E-state index contributed by atoms with van der Waals surface area (Å²) in [7, 11) is 4.06. The van der Waals surface area contributed by atoms with Gasteiger partial charge in [0, 0.05) is 26.2 Å². The first-order chi connectivity index (χ1) is 25.5. The fourth-order valence-electron chi connectivity index (χ4n) is 4.97. The van der Waals surface area contributed by atoms with Crippen molar-refractivity contribution in [3.63, 3.8) is 0 Å². The maximum absolute atomic E-state index is 12.4. The zero-order chi connectivity index (χ0) is 38.0. The smallest absolute Gasteiger partial charge is 0.307 e. The molecule has 0 heterocycles. The highest BCUT2D eigenvalue weighted by Crippen LogP contribution is 2.06. The minimum absolute atomic E-state index is 0.165. The number of hydrogen-bond donors (Lipinski definition) is 0. The van der Waals surface area contributed by atoms with Crippen LogP contribution in [0.4, 0.5) is 0 Å². The zero-order valence-corrected chi connectivity index (χ0v) is 33.7. The molecule has 0 rings (SSSR count). The van der Waals surface area contributed by atoms with Crippen LogP contribution in [0.15, 0.2) is 97.2 Å². The Bertz CT molecular complexity index is 986. The number of ether oxygens (including phenoxy) is 2. The largest absolute Gasteiger partial charge is 0.466 e. The predicted octanol–water partition coefficient (Wildman–Crippen LogP) is 11.4. The third-order valence-corrected chi connectivity index (χ3v) is 8.12. The van der Waals surface area contributed by atoms with E-state index in [-0.39, 0.29) is 11.9 Å². The van der Waals surface area contributed by atoms with E-state index in [4.69, 9.17) is 9.47 Å². The van der Waals surface area contributed by atoms with Crippen molar-refractivity contribution >= 4 is 11.9 Å². The molecular weight excluding hydrogens is 645 g/mol. The van der Waals surface area contributed by atoms with Crippen LogP contribution in [0.2, 0.25) is 0 Å². The predicted molar refractivity (Wildman–Crippen MR) is 224 cm³/mol. The molecule has 0 saturated heterocycles. The maximum atomic E-state index is 12.4. The van der Waals surface area contributed by atoms with E-state index < -0.39 is 0 Å². The lowest BCUT2D eigenvalue weighted by Gasteiger charge is -2.23. The molecule has 0 aromatic carbocycles. The summed E-state index contributed by atoms with van der Waals surface area (Å²) in [5.41, 5.74) is 0. The van der Waals surface area contributed by atoms with E-state index in [1.807, 2.05) is 14.1 Å². The number of allylic oxidation sites excluding steroid dienone is 16. The van der Waals surface area contributed by atoms with Gasteiger partial charge < -0.3 is 19.3 Å². The van der Waals surface area contributed by atoms with Crippen LogP contribution in [0.1, 0.15) is 129 Å². The first-order valence-electron chi connectivity index (χ1n) is 20.4. The number of likely N-dealkylation sites (N-methyl/N-ethyl adjacent to an activating group) is 1. The lowest BCUT2D eigenvalue weighted by Crippen LogP contribution is -2.35. The van der Waals surface area contributed by atoms with E-state index in [1.165, 1.54) is 0 Å². The van der Waals surface area contributed by atoms with Gasteiger partial charge in [-0.25, -0.2) is 0 Å². The summed E-state index contributed by atoms with van der Waals surface area (Å²) in [5.74, 6) is -0.330. The van der Waals surface area contributed by atoms with Gasteiger partial charge in [0.2, 0.25) is 0 Å². The van der Waals surface area contributed by atoms with Crippen LogP contribution in [-0.4, -0.2) is 75.2 Å². The molecular formula is C46H76N2O4. The lowest BCUT2D eigenvalue weighted by atomic mass is 10.2. The second kappa shape index (κ2) is 40.5. The molecule has 0 saturated carbocycles. The number of nitrogens with zero attached hydrogens (tertiary/aromatic N) is 2. The van der Waals surface area contributed by atoms with Crippen molar-refractivity contribution in [1.29, 1.82) is 0 Å². The minimum Gasteiger partial charge on any atom is -0.466 e. The number of esters is 2. The van der Waals surface area contributed by atoms with Gasteiger partial charge in [-0.2, -0.15) is 0 Å². The van der Waals surface area contributed by atoms with Crippen LogP contribution >= 0.6 is 0 Å². The van der Waals surface area contributed by atoms with Gasteiger partial charge in [-0.05, 0) is 117 Å². The summed E-state index contributed by atoms with van der Waals surface area (Å²) in [5, 5.41) is 0. The first kappa shape index (κ1) is 48.8. The summed E-state index contributed by atoms with van der Waals surface area (Å²) < 4.78 is 11.0. The van der Waals surface area contributed by atoms with Crippen molar-refractivity contribution in [1.82, 2.24) is 9.80 Å². The van der Waals surface area contributed by atoms with E-state index in [0.29, 0.717) is 39.1 Å². The topological polar surface area (TPSA) is 59.1 Å². The van der Waals surface area contributed by atoms with Crippen LogP contribution in [0, 0.1) is 0 Å². The van der Waals surface area contributed by atoms with Crippen LogP contribution < -0.4 is 0 Å². The Morgan fingerprint density at radius 1 is 0.423 bits per heavy atom. The van der Waals surface area contributed by atoms with Crippen LogP contribution in [0.3, 0.4) is 0 Å². The van der Waals surface area contributed by atoms with Crippen molar-refractivity contribution < 1.29 is 19.1 Å². The molecule has 0 amide bonds. The highest BCUT2D eigenvalue weighted by Gasteiger charge is 2.12.